The fraction of sp³-hybridized carbons (Fsp3) is 0.143. The van der Waals surface area contributed by atoms with Gasteiger partial charge in [0.15, 0.2) is 0 Å². The molecule has 0 aliphatic rings. The molecule has 0 bridgehead atoms. The SMILES string of the molecule is Cc1ccc(-c2cc(CNc3cc(-c4ccc(C)cc4)[nH]n3)[nH]n2)cc1. The number of nitrogens with one attached hydrogen (secondary N) is 3. The number of hydrogen-bond acceptors (Lipinski definition) is 3. The summed E-state index contributed by atoms with van der Waals surface area (Å²) < 4.78 is 0. The summed E-state index contributed by atoms with van der Waals surface area (Å²) in [6, 6.07) is 20.8. The lowest BCUT2D eigenvalue weighted by Gasteiger charge is -1.99. The number of aryl methyl sites for hydroxylation is 2. The summed E-state index contributed by atoms with van der Waals surface area (Å²) in [7, 11) is 0. The number of H-pyrrole nitrogens is 2. The van der Waals surface area contributed by atoms with Gasteiger partial charge in [-0.25, -0.2) is 0 Å². The van der Waals surface area contributed by atoms with Crippen LogP contribution < -0.4 is 5.32 Å². The number of nitrogens with zero attached hydrogens (tertiary/aromatic N) is 2. The highest BCUT2D eigenvalue weighted by Crippen LogP contribution is 2.21. The Kier molecular flexibility index (Phi) is 4.27. The summed E-state index contributed by atoms with van der Waals surface area (Å²) in [4.78, 5) is 0. The van der Waals surface area contributed by atoms with Crippen molar-refractivity contribution in [1.29, 1.82) is 0 Å². The smallest absolute Gasteiger partial charge is 0.148 e. The summed E-state index contributed by atoms with van der Waals surface area (Å²) in [6.07, 6.45) is 0. The maximum atomic E-state index is 4.40. The van der Waals surface area contributed by atoms with E-state index >= 15 is 0 Å². The molecule has 0 spiro atoms. The third-order valence-electron chi connectivity index (χ3n) is 4.38. The fourth-order valence-electron chi connectivity index (χ4n) is 2.80. The molecule has 0 amide bonds. The zero-order valence-electron chi connectivity index (χ0n) is 14.9. The predicted molar refractivity (Wildman–Crippen MR) is 105 cm³/mol. The molecule has 0 saturated carbocycles. The van der Waals surface area contributed by atoms with Crippen LogP contribution in [0, 0.1) is 13.8 Å². The molecule has 5 nitrogen and oxygen atoms in total. The number of hydrogen-bond donors (Lipinski definition) is 3. The molecule has 0 atom stereocenters. The number of rotatable bonds is 5. The van der Waals surface area contributed by atoms with Crippen molar-refractivity contribution in [2.75, 3.05) is 5.32 Å². The Balaban J connectivity index is 1.42. The minimum absolute atomic E-state index is 0.636. The van der Waals surface area contributed by atoms with E-state index in [1.165, 1.54) is 11.1 Å². The molecular formula is C21H21N5. The Bertz CT molecular complexity index is 910. The van der Waals surface area contributed by atoms with E-state index in [2.05, 4.69) is 94.2 Å². The first-order valence-corrected chi connectivity index (χ1v) is 8.65. The van der Waals surface area contributed by atoms with Crippen molar-refractivity contribution in [3.8, 4) is 22.5 Å². The Morgan fingerprint density at radius 2 is 1.42 bits per heavy atom. The van der Waals surface area contributed by atoms with Crippen LogP contribution in [0.25, 0.3) is 22.5 Å². The van der Waals surface area contributed by atoms with Gasteiger partial charge in [0.2, 0.25) is 0 Å². The minimum atomic E-state index is 0.636. The van der Waals surface area contributed by atoms with Crippen molar-refractivity contribution in [2.45, 2.75) is 20.4 Å². The average molecular weight is 343 g/mol. The largest absolute Gasteiger partial charge is 0.363 e. The van der Waals surface area contributed by atoms with Crippen molar-refractivity contribution in [3.05, 3.63) is 77.5 Å². The summed E-state index contributed by atoms with van der Waals surface area (Å²) >= 11 is 0. The topological polar surface area (TPSA) is 69.4 Å². The number of aromatic amines is 2. The Morgan fingerprint density at radius 1 is 0.769 bits per heavy atom. The van der Waals surface area contributed by atoms with Gasteiger partial charge in [0.25, 0.3) is 0 Å². The van der Waals surface area contributed by atoms with E-state index < -0.39 is 0 Å². The molecule has 0 aliphatic heterocycles. The van der Waals surface area contributed by atoms with Crippen LogP contribution in [-0.2, 0) is 6.54 Å². The zero-order valence-corrected chi connectivity index (χ0v) is 14.9. The summed E-state index contributed by atoms with van der Waals surface area (Å²) in [5.41, 5.74) is 7.69. The lowest BCUT2D eigenvalue weighted by Crippen LogP contribution is -1.99. The molecule has 0 radical (unpaired) electrons. The monoisotopic (exact) mass is 343 g/mol. The third kappa shape index (κ3) is 3.52. The molecule has 4 rings (SSSR count). The Labute approximate surface area is 152 Å². The van der Waals surface area contributed by atoms with E-state index in [1.54, 1.807) is 0 Å². The van der Waals surface area contributed by atoms with Gasteiger partial charge < -0.3 is 5.32 Å². The summed E-state index contributed by atoms with van der Waals surface area (Å²) in [5.74, 6) is 0.812. The van der Waals surface area contributed by atoms with Gasteiger partial charge in [-0.1, -0.05) is 59.7 Å². The summed E-state index contributed by atoms with van der Waals surface area (Å²) in [6.45, 7) is 4.80. The molecule has 3 N–H and O–H groups in total. The molecule has 0 aliphatic carbocycles. The van der Waals surface area contributed by atoms with Crippen LogP contribution >= 0.6 is 0 Å². The van der Waals surface area contributed by atoms with E-state index in [9.17, 15) is 0 Å². The van der Waals surface area contributed by atoms with Crippen molar-refractivity contribution >= 4 is 5.82 Å². The van der Waals surface area contributed by atoms with E-state index in [4.69, 9.17) is 0 Å². The molecular weight excluding hydrogens is 322 g/mol. The average Bonchev–Trinajstić information content (AvgIpc) is 3.31. The van der Waals surface area contributed by atoms with E-state index in [0.717, 1.165) is 34.0 Å². The van der Waals surface area contributed by atoms with Gasteiger partial charge in [0, 0.05) is 11.6 Å². The predicted octanol–water partition coefficient (Wildman–Crippen LogP) is 4.70. The quantitative estimate of drug-likeness (QED) is 0.492. The molecule has 26 heavy (non-hydrogen) atoms. The number of benzene rings is 2. The molecule has 5 heteroatoms. The normalized spacial score (nSPS) is 10.8. The maximum absolute atomic E-state index is 4.40. The van der Waals surface area contributed by atoms with Crippen molar-refractivity contribution < 1.29 is 0 Å². The Hall–Kier alpha value is -3.34. The van der Waals surface area contributed by atoms with Gasteiger partial charge in [-0.3, -0.25) is 10.2 Å². The second-order valence-corrected chi connectivity index (χ2v) is 6.53. The number of anilines is 1. The highest BCUT2D eigenvalue weighted by molar-refractivity contribution is 5.63. The molecule has 0 fully saturated rings. The Morgan fingerprint density at radius 3 is 2.12 bits per heavy atom. The van der Waals surface area contributed by atoms with Gasteiger partial charge in [-0.2, -0.15) is 10.2 Å². The second kappa shape index (κ2) is 6.88. The number of aromatic nitrogens is 4. The van der Waals surface area contributed by atoms with Crippen LogP contribution in [0.2, 0.25) is 0 Å². The van der Waals surface area contributed by atoms with E-state index in [-0.39, 0.29) is 0 Å². The molecule has 2 aromatic carbocycles. The molecule has 2 heterocycles. The highest BCUT2D eigenvalue weighted by atomic mass is 15.2. The second-order valence-electron chi connectivity index (χ2n) is 6.53. The van der Waals surface area contributed by atoms with Gasteiger partial charge in [0.05, 0.1) is 23.6 Å². The molecule has 2 aromatic heterocycles. The summed E-state index contributed by atoms with van der Waals surface area (Å²) in [5, 5.41) is 18.2. The van der Waals surface area contributed by atoms with Crippen molar-refractivity contribution in [3.63, 3.8) is 0 Å². The first kappa shape index (κ1) is 16.1. The molecule has 4 aromatic rings. The highest BCUT2D eigenvalue weighted by Gasteiger charge is 2.06. The molecule has 0 unspecified atom stereocenters. The van der Waals surface area contributed by atoms with Crippen LogP contribution in [0.5, 0.6) is 0 Å². The minimum Gasteiger partial charge on any atom is -0.363 e. The van der Waals surface area contributed by atoms with Crippen LogP contribution in [-0.4, -0.2) is 20.4 Å². The first-order valence-electron chi connectivity index (χ1n) is 8.65. The van der Waals surface area contributed by atoms with Gasteiger partial charge in [0.1, 0.15) is 5.82 Å². The maximum Gasteiger partial charge on any atom is 0.148 e. The lowest BCUT2D eigenvalue weighted by molar-refractivity contribution is 0.969. The zero-order chi connectivity index (χ0) is 17.9. The van der Waals surface area contributed by atoms with Crippen LogP contribution in [0.3, 0.4) is 0 Å². The first-order chi connectivity index (χ1) is 12.7. The molecule has 0 saturated heterocycles. The van der Waals surface area contributed by atoms with Crippen LogP contribution in [0.1, 0.15) is 16.8 Å². The van der Waals surface area contributed by atoms with Crippen molar-refractivity contribution in [2.24, 2.45) is 0 Å². The van der Waals surface area contributed by atoms with E-state index in [1.807, 2.05) is 6.07 Å². The van der Waals surface area contributed by atoms with Crippen LogP contribution in [0.4, 0.5) is 5.82 Å². The van der Waals surface area contributed by atoms with Gasteiger partial charge in [-0.15, -0.1) is 0 Å². The van der Waals surface area contributed by atoms with Crippen LogP contribution in [0.15, 0.2) is 60.7 Å². The third-order valence-corrected chi connectivity index (χ3v) is 4.38. The van der Waals surface area contributed by atoms with Gasteiger partial charge in [-0.05, 0) is 25.5 Å². The van der Waals surface area contributed by atoms with Crippen molar-refractivity contribution in [1.82, 2.24) is 20.4 Å². The fourth-order valence-corrected chi connectivity index (χ4v) is 2.80. The standard InChI is InChI=1S/C21H21N5/c1-14-3-7-16(8-4-14)19-11-18(23-24-19)13-22-21-12-20(25-26-21)17-9-5-15(2)6-10-17/h3-12H,13H2,1-2H3,(H,23,24)(H2,22,25,26). The van der Waals surface area contributed by atoms with E-state index in [0.29, 0.717) is 6.54 Å². The lowest BCUT2D eigenvalue weighted by atomic mass is 10.1. The van der Waals surface area contributed by atoms with Gasteiger partial charge >= 0.3 is 0 Å². The molecule has 130 valence electrons.